The molecule has 7 heteroatoms. The Balaban J connectivity index is 0.00000225. The summed E-state index contributed by atoms with van der Waals surface area (Å²) in [5.74, 6) is 1.92. The minimum atomic E-state index is 0. The summed E-state index contributed by atoms with van der Waals surface area (Å²) in [5, 5.41) is 4.40. The van der Waals surface area contributed by atoms with Crippen molar-refractivity contribution in [3.63, 3.8) is 0 Å². The molecule has 0 fully saturated rings. The molecule has 4 N–H and O–H groups in total. The standard InChI is InChI=1S/C21H24N4O2.HI/c22-21(25-16-8-9-19-20(13-16)27-12-4-11-26-19)23-10-3-5-15-14-24-18-7-2-1-6-17(15)18;/h1-2,6-9,13-14,24H,3-5,10-12H2,(H3,22,23,25);1H. The number of anilines is 1. The average Bonchev–Trinajstić information content (AvgIpc) is 2.94. The van der Waals surface area contributed by atoms with E-state index in [1.54, 1.807) is 0 Å². The van der Waals surface area contributed by atoms with E-state index in [2.05, 4.69) is 39.7 Å². The van der Waals surface area contributed by atoms with Gasteiger partial charge < -0.3 is 25.5 Å². The van der Waals surface area contributed by atoms with Gasteiger partial charge in [-0.05, 0) is 36.6 Å². The number of rotatable bonds is 5. The summed E-state index contributed by atoms with van der Waals surface area (Å²) in [6, 6.07) is 14.1. The molecular formula is C21H25IN4O2. The molecule has 2 aromatic carbocycles. The zero-order chi connectivity index (χ0) is 18.5. The molecule has 0 spiro atoms. The zero-order valence-electron chi connectivity index (χ0n) is 15.6. The van der Waals surface area contributed by atoms with Crippen molar-refractivity contribution in [1.29, 1.82) is 0 Å². The van der Waals surface area contributed by atoms with Crippen LogP contribution in [0.15, 0.2) is 53.7 Å². The van der Waals surface area contributed by atoms with Crippen LogP contribution in [0.2, 0.25) is 0 Å². The highest BCUT2D eigenvalue weighted by Gasteiger charge is 2.10. The number of guanidine groups is 1. The van der Waals surface area contributed by atoms with Gasteiger partial charge >= 0.3 is 0 Å². The summed E-state index contributed by atoms with van der Waals surface area (Å²) in [6.07, 6.45) is 4.86. The van der Waals surface area contributed by atoms with Crippen molar-refractivity contribution in [3.8, 4) is 11.5 Å². The Hall–Kier alpha value is -2.42. The second-order valence-electron chi connectivity index (χ2n) is 6.57. The van der Waals surface area contributed by atoms with Crippen molar-refractivity contribution in [2.24, 2.45) is 10.7 Å². The molecule has 0 saturated carbocycles. The number of para-hydroxylation sites is 1. The van der Waals surface area contributed by atoms with Gasteiger partial charge in [0.25, 0.3) is 0 Å². The molecule has 0 amide bonds. The van der Waals surface area contributed by atoms with Crippen LogP contribution in [0.4, 0.5) is 5.69 Å². The zero-order valence-corrected chi connectivity index (χ0v) is 17.9. The van der Waals surface area contributed by atoms with Gasteiger partial charge in [0.1, 0.15) is 0 Å². The maximum absolute atomic E-state index is 6.02. The summed E-state index contributed by atoms with van der Waals surface area (Å²) in [4.78, 5) is 7.74. The number of nitrogens with two attached hydrogens (primary N) is 1. The number of H-pyrrole nitrogens is 1. The number of halogens is 1. The Kier molecular flexibility index (Phi) is 7.02. The second kappa shape index (κ2) is 9.68. The van der Waals surface area contributed by atoms with Gasteiger partial charge in [-0.3, -0.25) is 4.99 Å². The normalized spacial score (nSPS) is 13.6. The van der Waals surface area contributed by atoms with Crippen LogP contribution in [-0.4, -0.2) is 30.7 Å². The van der Waals surface area contributed by atoms with Crippen LogP contribution in [-0.2, 0) is 6.42 Å². The largest absolute Gasteiger partial charge is 0.490 e. The van der Waals surface area contributed by atoms with E-state index in [1.165, 1.54) is 16.5 Å². The van der Waals surface area contributed by atoms with E-state index >= 15 is 0 Å². The van der Waals surface area contributed by atoms with Gasteiger partial charge in [0.2, 0.25) is 0 Å². The Labute approximate surface area is 181 Å². The molecule has 3 aromatic rings. The van der Waals surface area contributed by atoms with Gasteiger partial charge in [0, 0.05) is 41.8 Å². The van der Waals surface area contributed by atoms with Crippen molar-refractivity contribution in [1.82, 2.24) is 4.98 Å². The number of benzene rings is 2. The van der Waals surface area contributed by atoms with Crippen molar-refractivity contribution < 1.29 is 9.47 Å². The highest BCUT2D eigenvalue weighted by Crippen LogP contribution is 2.32. The molecule has 0 bridgehead atoms. The number of hydrogen-bond donors (Lipinski definition) is 3. The van der Waals surface area contributed by atoms with Gasteiger partial charge in [-0.25, -0.2) is 0 Å². The third kappa shape index (κ3) is 4.89. The number of aryl methyl sites for hydroxylation is 1. The van der Waals surface area contributed by atoms with Crippen LogP contribution < -0.4 is 20.5 Å². The number of aliphatic imine (C=N–C) groups is 1. The van der Waals surface area contributed by atoms with Crippen molar-refractivity contribution in [2.45, 2.75) is 19.3 Å². The summed E-state index contributed by atoms with van der Waals surface area (Å²) in [7, 11) is 0. The monoisotopic (exact) mass is 492 g/mol. The molecule has 0 aliphatic carbocycles. The molecule has 148 valence electrons. The molecule has 4 rings (SSSR count). The Bertz CT molecular complexity index is 954. The fourth-order valence-corrected chi connectivity index (χ4v) is 3.24. The summed E-state index contributed by atoms with van der Waals surface area (Å²) in [6.45, 7) is 2.01. The fourth-order valence-electron chi connectivity index (χ4n) is 3.24. The molecule has 0 atom stereocenters. The summed E-state index contributed by atoms with van der Waals surface area (Å²) >= 11 is 0. The molecule has 1 aromatic heterocycles. The quantitative estimate of drug-likeness (QED) is 0.215. The Morgan fingerprint density at radius 2 is 1.93 bits per heavy atom. The van der Waals surface area contributed by atoms with Gasteiger partial charge in [-0.1, -0.05) is 18.2 Å². The van der Waals surface area contributed by atoms with Gasteiger partial charge in [0.15, 0.2) is 17.5 Å². The molecule has 1 aliphatic rings. The topological polar surface area (TPSA) is 84.7 Å². The highest BCUT2D eigenvalue weighted by atomic mass is 127. The Morgan fingerprint density at radius 1 is 1.11 bits per heavy atom. The third-order valence-electron chi connectivity index (χ3n) is 4.58. The number of nitrogens with zero attached hydrogens (tertiary/aromatic N) is 1. The molecule has 0 unspecified atom stereocenters. The molecule has 0 saturated heterocycles. The molecule has 28 heavy (non-hydrogen) atoms. The molecular weight excluding hydrogens is 467 g/mol. The van der Waals surface area contributed by atoms with Crippen LogP contribution in [0.5, 0.6) is 11.5 Å². The number of ether oxygens (including phenoxy) is 2. The fraction of sp³-hybridized carbons (Fsp3) is 0.286. The first-order chi connectivity index (χ1) is 13.3. The van der Waals surface area contributed by atoms with E-state index in [1.807, 2.05) is 24.3 Å². The first-order valence-corrected chi connectivity index (χ1v) is 9.31. The lowest BCUT2D eigenvalue weighted by Gasteiger charge is -2.10. The average molecular weight is 492 g/mol. The number of aromatic nitrogens is 1. The van der Waals surface area contributed by atoms with Crippen molar-refractivity contribution in [2.75, 3.05) is 25.1 Å². The van der Waals surface area contributed by atoms with Gasteiger partial charge in [-0.15, -0.1) is 24.0 Å². The van der Waals surface area contributed by atoms with Crippen molar-refractivity contribution in [3.05, 3.63) is 54.2 Å². The molecule has 2 heterocycles. The lowest BCUT2D eigenvalue weighted by Crippen LogP contribution is -2.22. The van der Waals surface area contributed by atoms with Gasteiger partial charge in [0.05, 0.1) is 13.2 Å². The minimum absolute atomic E-state index is 0. The lowest BCUT2D eigenvalue weighted by molar-refractivity contribution is 0.297. The first-order valence-electron chi connectivity index (χ1n) is 9.31. The molecule has 1 aliphatic heterocycles. The summed E-state index contributed by atoms with van der Waals surface area (Å²) < 4.78 is 11.3. The van der Waals surface area contributed by atoms with E-state index in [0.717, 1.165) is 36.4 Å². The third-order valence-corrected chi connectivity index (χ3v) is 4.58. The van der Waals surface area contributed by atoms with E-state index < -0.39 is 0 Å². The number of fused-ring (bicyclic) bond motifs is 2. The number of aromatic amines is 1. The van der Waals surface area contributed by atoms with Crippen molar-refractivity contribution >= 4 is 46.5 Å². The first kappa shape index (κ1) is 20.3. The SMILES string of the molecule is I.NC(=NCCCc1c[nH]c2ccccc12)Nc1ccc2c(c1)OCCCO2. The highest BCUT2D eigenvalue weighted by molar-refractivity contribution is 14.0. The minimum Gasteiger partial charge on any atom is -0.490 e. The van der Waals surface area contributed by atoms with E-state index in [0.29, 0.717) is 25.7 Å². The number of hydrogen-bond acceptors (Lipinski definition) is 3. The predicted octanol–water partition coefficient (Wildman–Crippen LogP) is 4.31. The second-order valence-corrected chi connectivity index (χ2v) is 6.57. The molecule has 6 nitrogen and oxygen atoms in total. The predicted molar refractivity (Wildman–Crippen MR) is 124 cm³/mol. The van der Waals surface area contributed by atoms with Crippen LogP contribution in [0.1, 0.15) is 18.4 Å². The van der Waals surface area contributed by atoms with Crippen LogP contribution in [0.3, 0.4) is 0 Å². The van der Waals surface area contributed by atoms with Crippen LogP contribution in [0.25, 0.3) is 10.9 Å². The maximum atomic E-state index is 6.02. The van der Waals surface area contributed by atoms with E-state index in [4.69, 9.17) is 15.2 Å². The molecule has 0 radical (unpaired) electrons. The summed E-state index contributed by atoms with van der Waals surface area (Å²) in [5.41, 5.74) is 9.36. The van der Waals surface area contributed by atoms with Crippen LogP contribution >= 0.6 is 24.0 Å². The van der Waals surface area contributed by atoms with E-state index in [-0.39, 0.29) is 24.0 Å². The van der Waals surface area contributed by atoms with Gasteiger partial charge in [-0.2, -0.15) is 0 Å². The van der Waals surface area contributed by atoms with Crippen LogP contribution in [0, 0.1) is 0 Å². The smallest absolute Gasteiger partial charge is 0.193 e. The maximum Gasteiger partial charge on any atom is 0.193 e. The van der Waals surface area contributed by atoms with E-state index in [9.17, 15) is 0 Å². The Morgan fingerprint density at radius 3 is 2.82 bits per heavy atom. The lowest BCUT2D eigenvalue weighted by atomic mass is 10.1. The number of nitrogens with one attached hydrogen (secondary N) is 2.